The van der Waals surface area contributed by atoms with Crippen LogP contribution in [0.15, 0.2) is 24.3 Å². The molecule has 31 heavy (non-hydrogen) atoms. The third-order valence-electron chi connectivity index (χ3n) is 4.84. The summed E-state index contributed by atoms with van der Waals surface area (Å²) in [6.45, 7) is 6.90. The monoisotopic (exact) mass is 458 g/mol. The number of rotatable bonds is 4. The standard InChI is InChI=1S/C22H26N4O3S2/c1-22(2,3)29-21(28)26-11-9-13-16(12-26)31-20(25-17(27)8-10-23)18(13)19-24-14-6-4-5-7-15(14)30-19/h4-7H,8-12,23H2,1-3H3,(H,25,27). The van der Waals surface area contributed by atoms with Crippen molar-refractivity contribution in [1.29, 1.82) is 0 Å². The van der Waals surface area contributed by atoms with Gasteiger partial charge in [0, 0.05) is 30.0 Å². The number of nitrogens with zero attached hydrogens (tertiary/aromatic N) is 2. The minimum Gasteiger partial charge on any atom is -0.444 e. The molecule has 4 rings (SSSR count). The number of para-hydroxylation sites is 1. The zero-order chi connectivity index (χ0) is 22.2. The number of thiophene rings is 1. The summed E-state index contributed by atoms with van der Waals surface area (Å²) in [5.74, 6) is -0.118. The average Bonchev–Trinajstić information content (AvgIpc) is 3.26. The van der Waals surface area contributed by atoms with Crippen LogP contribution < -0.4 is 11.1 Å². The summed E-state index contributed by atoms with van der Waals surface area (Å²) < 4.78 is 6.65. The molecule has 0 atom stereocenters. The van der Waals surface area contributed by atoms with E-state index in [0.29, 0.717) is 26.1 Å². The molecule has 2 aromatic heterocycles. The fraction of sp³-hybridized carbons (Fsp3) is 0.409. The third-order valence-corrected chi connectivity index (χ3v) is 7.03. The first kappa shape index (κ1) is 21.7. The van der Waals surface area contributed by atoms with Crippen molar-refractivity contribution in [2.24, 2.45) is 5.73 Å². The van der Waals surface area contributed by atoms with E-state index in [9.17, 15) is 9.59 Å². The number of fused-ring (bicyclic) bond motifs is 2. The molecule has 0 radical (unpaired) electrons. The lowest BCUT2D eigenvalue weighted by molar-refractivity contribution is -0.116. The number of hydrogen-bond donors (Lipinski definition) is 2. The van der Waals surface area contributed by atoms with Gasteiger partial charge in [-0.3, -0.25) is 4.79 Å². The first-order valence-corrected chi connectivity index (χ1v) is 11.9. The SMILES string of the molecule is CC(C)(C)OC(=O)N1CCc2c(sc(NC(=O)CCN)c2-c2nc3ccccc3s2)C1. The third kappa shape index (κ3) is 4.73. The van der Waals surface area contributed by atoms with E-state index in [1.165, 1.54) is 11.3 Å². The highest BCUT2D eigenvalue weighted by Crippen LogP contribution is 2.45. The molecule has 1 aromatic carbocycles. The predicted octanol–water partition coefficient (Wildman–Crippen LogP) is 4.61. The van der Waals surface area contributed by atoms with Gasteiger partial charge < -0.3 is 20.7 Å². The summed E-state index contributed by atoms with van der Waals surface area (Å²) in [5.41, 5.74) is 8.07. The molecule has 3 N–H and O–H groups in total. The second-order valence-electron chi connectivity index (χ2n) is 8.43. The van der Waals surface area contributed by atoms with Crippen LogP contribution in [0.3, 0.4) is 0 Å². The zero-order valence-electron chi connectivity index (χ0n) is 17.9. The van der Waals surface area contributed by atoms with Gasteiger partial charge in [-0.15, -0.1) is 22.7 Å². The van der Waals surface area contributed by atoms with Gasteiger partial charge in [-0.2, -0.15) is 0 Å². The maximum absolute atomic E-state index is 12.6. The summed E-state index contributed by atoms with van der Waals surface area (Å²) in [5, 5.41) is 4.68. The van der Waals surface area contributed by atoms with Gasteiger partial charge in [0.15, 0.2) is 0 Å². The maximum atomic E-state index is 12.6. The van der Waals surface area contributed by atoms with Crippen molar-refractivity contribution in [1.82, 2.24) is 9.88 Å². The molecule has 1 aliphatic heterocycles. The first-order valence-electron chi connectivity index (χ1n) is 10.2. The number of anilines is 1. The largest absolute Gasteiger partial charge is 0.444 e. The number of ether oxygens (including phenoxy) is 1. The molecular weight excluding hydrogens is 432 g/mol. The van der Waals surface area contributed by atoms with Crippen LogP contribution in [0.1, 0.15) is 37.6 Å². The molecule has 0 aliphatic carbocycles. The number of carbonyl (C=O) groups excluding carboxylic acids is 2. The van der Waals surface area contributed by atoms with Crippen molar-refractivity contribution < 1.29 is 14.3 Å². The van der Waals surface area contributed by atoms with Gasteiger partial charge in [0.1, 0.15) is 15.6 Å². The van der Waals surface area contributed by atoms with Crippen LogP contribution in [0.4, 0.5) is 9.80 Å². The van der Waals surface area contributed by atoms with E-state index in [4.69, 9.17) is 15.5 Å². The quantitative estimate of drug-likeness (QED) is 0.595. The van der Waals surface area contributed by atoms with Gasteiger partial charge >= 0.3 is 6.09 Å². The molecule has 3 aromatic rings. The topological polar surface area (TPSA) is 97.5 Å². The van der Waals surface area contributed by atoms with E-state index in [-0.39, 0.29) is 18.4 Å². The highest BCUT2D eigenvalue weighted by Gasteiger charge is 2.31. The van der Waals surface area contributed by atoms with Crippen molar-refractivity contribution in [3.8, 4) is 10.6 Å². The van der Waals surface area contributed by atoms with E-state index in [1.807, 2.05) is 45.0 Å². The van der Waals surface area contributed by atoms with Gasteiger partial charge in [-0.05, 0) is 44.9 Å². The van der Waals surface area contributed by atoms with Crippen LogP contribution in [0.25, 0.3) is 20.8 Å². The Hall–Kier alpha value is -2.49. The molecule has 2 amide bonds. The van der Waals surface area contributed by atoms with Crippen molar-refractivity contribution >= 4 is 49.9 Å². The average molecular weight is 459 g/mol. The van der Waals surface area contributed by atoms with Crippen LogP contribution in [0.5, 0.6) is 0 Å². The summed E-state index contributed by atoms with van der Waals surface area (Å²) in [6, 6.07) is 8.00. The second kappa shape index (κ2) is 8.57. The summed E-state index contributed by atoms with van der Waals surface area (Å²) in [7, 11) is 0. The Labute approximate surface area is 189 Å². The molecule has 7 nitrogen and oxygen atoms in total. The number of nitrogens with one attached hydrogen (secondary N) is 1. The highest BCUT2D eigenvalue weighted by atomic mass is 32.1. The van der Waals surface area contributed by atoms with Crippen LogP contribution in [0, 0.1) is 0 Å². The van der Waals surface area contributed by atoms with E-state index in [2.05, 4.69) is 5.32 Å². The first-order chi connectivity index (χ1) is 14.7. The highest BCUT2D eigenvalue weighted by molar-refractivity contribution is 7.22. The Balaban J connectivity index is 1.71. The Morgan fingerprint density at radius 1 is 1.26 bits per heavy atom. The van der Waals surface area contributed by atoms with Crippen molar-refractivity contribution in [2.45, 2.75) is 45.8 Å². The zero-order valence-corrected chi connectivity index (χ0v) is 19.5. The van der Waals surface area contributed by atoms with Crippen molar-refractivity contribution in [3.63, 3.8) is 0 Å². The molecule has 0 fully saturated rings. The number of hydrogen-bond acceptors (Lipinski definition) is 7. The Bertz CT molecular complexity index is 1100. The van der Waals surface area contributed by atoms with Crippen LogP contribution >= 0.6 is 22.7 Å². The number of benzene rings is 1. The van der Waals surface area contributed by atoms with Crippen molar-refractivity contribution in [3.05, 3.63) is 34.7 Å². The van der Waals surface area contributed by atoms with Crippen LogP contribution in [-0.4, -0.2) is 40.6 Å². The normalized spacial score (nSPS) is 13.9. The molecule has 3 heterocycles. The molecule has 164 valence electrons. The molecule has 0 bridgehead atoms. The smallest absolute Gasteiger partial charge is 0.410 e. The van der Waals surface area contributed by atoms with Gasteiger partial charge in [0.25, 0.3) is 0 Å². The summed E-state index contributed by atoms with van der Waals surface area (Å²) in [4.78, 5) is 32.5. The maximum Gasteiger partial charge on any atom is 0.410 e. The molecule has 1 aliphatic rings. The number of amides is 2. The fourth-order valence-electron chi connectivity index (χ4n) is 3.50. The van der Waals surface area contributed by atoms with E-state index < -0.39 is 5.60 Å². The molecule has 0 saturated heterocycles. The Kier molecular flexibility index (Phi) is 6.00. The molecule has 0 unspecified atom stereocenters. The van der Waals surface area contributed by atoms with E-state index in [1.54, 1.807) is 16.2 Å². The lowest BCUT2D eigenvalue weighted by Crippen LogP contribution is -2.39. The number of carbonyl (C=O) groups is 2. The van der Waals surface area contributed by atoms with Gasteiger partial charge in [-0.25, -0.2) is 9.78 Å². The number of thiazole rings is 1. The minimum absolute atomic E-state index is 0.118. The van der Waals surface area contributed by atoms with Gasteiger partial charge in [0.05, 0.1) is 16.8 Å². The summed E-state index contributed by atoms with van der Waals surface area (Å²) in [6.07, 6.45) is 0.622. The van der Waals surface area contributed by atoms with Crippen LogP contribution in [0.2, 0.25) is 0 Å². The molecular formula is C22H26N4O3S2. The molecule has 0 spiro atoms. The number of nitrogens with two attached hydrogens (primary N) is 1. The van der Waals surface area contributed by atoms with Crippen LogP contribution in [-0.2, 0) is 22.5 Å². The van der Waals surface area contributed by atoms with Gasteiger partial charge in [-0.1, -0.05) is 12.1 Å². The van der Waals surface area contributed by atoms with E-state index >= 15 is 0 Å². The summed E-state index contributed by atoms with van der Waals surface area (Å²) >= 11 is 3.12. The predicted molar refractivity (Wildman–Crippen MR) is 126 cm³/mol. The van der Waals surface area contributed by atoms with Crippen molar-refractivity contribution in [2.75, 3.05) is 18.4 Å². The lowest BCUT2D eigenvalue weighted by Gasteiger charge is -2.30. The lowest BCUT2D eigenvalue weighted by atomic mass is 10.0. The fourth-order valence-corrected chi connectivity index (χ4v) is 5.89. The Morgan fingerprint density at radius 2 is 2.03 bits per heavy atom. The number of aromatic nitrogens is 1. The van der Waals surface area contributed by atoms with Gasteiger partial charge in [0.2, 0.25) is 5.91 Å². The molecule has 9 heteroatoms. The molecule has 0 saturated carbocycles. The minimum atomic E-state index is -0.541. The Morgan fingerprint density at radius 3 is 2.74 bits per heavy atom. The van der Waals surface area contributed by atoms with E-state index in [0.717, 1.165) is 36.2 Å². The second-order valence-corrected chi connectivity index (χ2v) is 10.6.